The summed E-state index contributed by atoms with van der Waals surface area (Å²) in [5, 5.41) is 0. The van der Waals surface area contributed by atoms with Gasteiger partial charge in [0.1, 0.15) is 12.0 Å². The van der Waals surface area contributed by atoms with E-state index >= 15 is 0 Å². The van der Waals surface area contributed by atoms with Crippen LogP contribution in [0.4, 0.5) is 13.6 Å². The molecule has 7 nitrogen and oxygen atoms in total. The van der Waals surface area contributed by atoms with Crippen molar-refractivity contribution in [2.24, 2.45) is 5.73 Å². The molecule has 2 aliphatic rings. The number of carbonyl (C=O) groups is 2. The molecule has 0 aromatic heterocycles. The SMILES string of the molecule is CC(C)OC(=O)N1CCC(OCc2ccc(-c3ccc(CC(N)C(=O)N4CC[C@H](F)C4)c(F)c3)cc2)CC1. The molecule has 0 radical (unpaired) electrons. The van der Waals surface area contributed by atoms with Crippen LogP contribution >= 0.6 is 0 Å². The second-order valence-corrected chi connectivity index (χ2v) is 10.4. The van der Waals surface area contributed by atoms with Gasteiger partial charge in [-0.05, 0) is 67.9 Å². The van der Waals surface area contributed by atoms with Crippen LogP contribution in [0.1, 0.15) is 44.2 Å². The van der Waals surface area contributed by atoms with E-state index in [0.717, 1.165) is 29.5 Å². The largest absolute Gasteiger partial charge is 0.447 e. The van der Waals surface area contributed by atoms with Gasteiger partial charge in [0.15, 0.2) is 0 Å². The van der Waals surface area contributed by atoms with Gasteiger partial charge in [0.2, 0.25) is 5.91 Å². The van der Waals surface area contributed by atoms with Crippen molar-refractivity contribution < 1.29 is 27.8 Å². The summed E-state index contributed by atoms with van der Waals surface area (Å²) in [7, 11) is 0. The van der Waals surface area contributed by atoms with E-state index in [9.17, 15) is 18.4 Å². The molecule has 0 spiro atoms. The number of halogens is 2. The number of hydrogen-bond acceptors (Lipinski definition) is 5. The zero-order chi connectivity index (χ0) is 27.2. The van der Waals surface area contributed by atoms with Crippen molar-refractivity contribution in [1.29, 1.82) is 0 Å². The quantitative estimate of drug-likeness (QED) is 0.546. The Morgan fingerprint density at radius 1 is 1.00 bits per heavy atom. The number of carbonyl (C=O) groups excluding carboxylic acids is 2. The minimum Gasteiger partial charge on any atom is -0.447 e. The predicted octanol–water partition coefficient (Wildman–Crippen LogP) is 4.46. The molecule has 0 aliphatic carbocycles. The summed E-state index contributed by atoms with van der Waals surface area (Å²) in [4.78, 5) is 27.6. The molecule has 4 rings (SSSR count). The molecule has 0 saturated carbocycles. The normalized spacial score (nSPS) is 19.2. The van der Waals surface area contributed by atoms with E-state index in [1.807, 2.05) is 44.2 Å². The molecule has 2 aromatic rings. The number of benzene rings is 2. The summed E-state index contributed by atoms with van der Waals surface area (Å²) in [5.41, 5.74) is 8.97. The van der Waals surface area contributed by atoms with Crippen LogP contribution in [0.15, 0.2) is 42.5 Å². The Labute approximate surface area is 222 Å². The van der Waals surface area contributed by atoms with E-state index in [-0.39, 0.29) is 37.2 Å². The lowest BCUT2D eigenvalue weighted by Crippen LogP contribution is -2.44. The second kappa shape index (κ2) is 12.7. The summed E-state index contributed by atoms with van der Waals surface area (Å²) >= 11 is 0. The van der Waals surface area contributed by atoms with Gasteiger partial charge in [-0.15, -0.1) is 0 Å². The Kier molecular flexibility index (Phi) is 9.33. The molecule has 1 unspecified atom stereocenters. The number of rotatable bonds is 8. The van der Waals surface area contributed by atoms with Crippen molar-refractivity contribution in [3.8, 4) is 11.1 Å². The van der Waals surface area contributed by atoms with E-state index in [2.05, 4.69) is 0 Å². The van der Waals surface area contributed by atoms with Crippen molar-refractivity contribution >= 4 is 12.0 Å². The first-order valence-corrected chi connectivity index (χ1v) is 13.3. The van der Waals surface area contributed by atoms with E-state index < -0.39 is 18.0 Å². The monoisotopic (exact) mass is 529 g/mol. The van der Waals surface area contributed by atoms with E-state index in [1.165, 1.54) is 11.0 Å². The highest BCUT2D eigenvalue weighted by molar-refractivity contribution is 5.82. The maximum absolute atomic E-state index is 14.9. The third kappa shape index (κ3) is 7.29. The van der Waals surface area contributed by atoms with Crippen LogP contribution in [-0.4, -0.2) is 72.4 Å². The molecule has 2 fully saturated rings. The number of amides is 2. The van der Waals surface area contributed by atoms with Gasteiger partial charge in [0, 0.05) is 19.6 Å². The lowest BCUT2D eigenvalue weighted by molar-refractivity contribution is -0.131. The van der Waals surface area contributed by atoms with E-state index in [4.69, 9.17) is 15.2 Å². The van der Waals surface area contributed by atoms with Gasteiger partial charge in [0.25, 0.3) is 0 Å². The number of ether oxygens (including phenoxy) is 2. The number of nitrogens with two attached hydrogens (primary N) is 1. The molecule has 2 heterocycles. The first kappa shape index (κ1) is 28.0. The number of alkyl halides is 1. The second-order valence-electron chi connectivity index (χ2n) is 10.4. The lowest BCUT2D eigenvalue weighted by atomic mass is 9.99. The zero-order valence-electron chi connectivity index (χ0n) is 22.1. The molecule has 2 atom stereocenters. The molecule has 38 heavy (non-hydrogen) atoms. The minimum absolute atomic E-state index is 0.0587. The lowest BCUT2D eigenvalue weighted by Gasteiger charge is -2.31. The van der Waals surface area contributed by atoms with Crippen LogP contribution in [0.2, 0.25) is 0 Å². The third-order valence-corrected chi connectivity index (χ3v) is 7.06. The number of hydrogen-bond donors (Lipinski definition) is 1. The van der Waals surface area contributed by atoms with Crippen LogP contribution < -0.4 is 5.73 Å². The third-order valence-electron chi connectivity index (χ3n) is 7.06. The number of likely N-dealkylation sites (tertiary alicyclic amines) is 2. The topological polar surface area (TPSA) is 85.1 Å². The Hall–Kier alpha value is -3.04. The van der Waals surface area contributed by atoms with Gasteiger partial charge >= 0.3 is 6.09 Å². The maximum Gasteiger partial charge on any atom is 0.410 e. The smallest absolute Gasteiger partial charge is 0.410 e. The predicted molar refractivity (Wildman–Crippen MR) is 141 cm³/mol. The molecular weight excluding hydrogens is 492 g/mol. The standard InChI is InChI=1S/C29H37F2N3O4/c1-19(2)38-29(36)33-13-10-25(11-14-33)37-18-20-3-5-21(6-4-20)22-7-8-23(26(31)15-22)16-27(32)28(35)34-12-9-24(30)17-34/h3-8,15,19,24-25,27H,9-14,16-18,32H2,1-2H3/t24-,27?/m0/s1. The summed E-state index contributed by atoms with van der Waals surface area (Å²) in [6.45, 7) is 5.78. The Bertz CT molecular complexity index is 1100. The summed E-state index contributed by atoms with van der Waals surface area (Å²) in [6, 6.07) is 11.8. The zero-order valence-corrected chi connectivity index (χ0v) is 22.1. The highest BCUT2D eigenvalue weighted by Gasteiger charge is 2.29. The van der Waals surface area contributed by atoms with Crippen molar-refractivity contribution in [3.05, 3.63) is 59.4 Å². The maximum atomic E-state index is 14.9. The van der Waals surface area contributed by atoms with Crippen LogP contribution in [-0.2, 0) is 27.3 Å². The van der Waals surface area contributed by atoms with Crippen LogP contribution in [0.25, 0.3) is 11.1 Å². The van der Waals surface area contributed by atoms with Crippen molar-refractivity contribution in [1.82, 2.24) is 9.80 Å². The van der Waals surface area contributed by atoms with Gasteiger partial charge in [0.05, 0.1) is 31.4 Å². The van der Waals surface area contributed by atoms with Crippen LogP contribution in [0.5, 0.6) is 0 Å². The van der Waals surface area contributed by atoms with Crippen molar-refractivity contribution in [3.63, 3.8) is 0 Å². The van der Waals surface area contributed by atoms with E-state index in [1.54, 1.807) is 11.0 Å². The summed E-state index contributed by atoms with van der Waals surface area (Å²) in [6.07, 6.45) is 0.584. The summed E-state index contributed by atoms with van der Waals surface area (Å²) < 4.78 is 39.6. The fraction of sp³-hybridized carbons (Fsp3) is 0.517. The van der Waals surface area contributed by atoms with Crippen molar-refractivity contribution in [2.45, 2.75) is 70.6 Å². The van der Waals surface area contributed by atoms with Gasteiger partial charge < -0.3 is 25.0 Å². The molecule has 0 bridgehead atoms. The van der Waals surface area contributed by atoms with Crippen LogP contribution in [0, 0.1) is 5.82 Å². The number of nitrogens with zero attached hydrogens (tertiary/aromatic N) is 2. The molecule has 2 N–H and O–H groups in total. The fourth-order valence-electron chi connectivity index (χ4n) is 4.86. The highest BCUT2D eigenvalue weighted by atomic mass is 19.1. The van der Waals surface area contributed by atoms with Crippen LogP contribution in [0.3, 0.4) is 0 Å². The van der Waals surface area contributed by atoms with Crippen molar-refractivity contribution in [2.75, 3.05) is 26.2 Å². The minimum atomic E-state index is -1.01. The molecule has 9 heteroatoms. The van der Waals surface area contributed by atoms with Gasteiger partial charge in [-0.3, -0.25) is 4.79 Å². The molecule has 2 aromatic carbocycles. The Balaban J connectivity index is 1.26. The summed E-state index contributed by atoms with van der Waals surface area (Å²) in [5.74, 6) is -0.766. The first-order valence-electron chi connectivity index (χ1n) is 13.3. The first-order chi connectivity index (χ1) is 18.2. The number of piperidine rings is 1. The Morgan fingerprint density at radius 3 is 2.26 bits per heavy atom. The van der Waals surface area contributed by atoms with Gasteiger partial charge in [-0.25, -0.2) is 13.6 Å². The van der Waals surface area contributed by atoms with Gasteiger partial charge in [-0.1, -0.05) is 36.4 Å². The van der Waals surface area contributed by atoms with E-state index in [0.29, 0.717) is 38.2 Å². The molecule has 206 valence electrons. The Morgan fingerprint density at radius 2 is 1.66 bits per heavy atom. The average molecular weight is 530 g/mol. The highest BCUT2D eigenvalue weighted by Crippen LogP contribution is 2.24. The molecule has 2 saturated heterocycles. The fourth-order valence-corrected chi connectivity index (χ4v) is 4.86. The van der Waals surface area contributed by atoms with Gasteiger partial charge in [-0.2, -0.15) is 0 Å². The molecular formula is C29H37F2N3O4. The average Bonchev–Trinajstić information content (AvgIpc) is 3.34. The molecule has 2 aliphatic heterocycles. The molecule has 2 amide bonds.